The van der Waals surface area contributed by atoms with E-state index in [2.05, 4.69) is 17.3 Å². The van der Waals surface area contributed by atoms with Crippen LogP contribution in [0.5, 0.6) is 0 Å². The molecular weight excluding hydrogens is 280 g/mol. The van der Waals surface area contributed by atoms with Gasteiger partial charge in [-0.05, 0) is 24.6 Å². The van der Waals surface area contributed by atoms with E-state index in [0.29, 0.717) is 15.6 Å². The fourth-order valence-electron chi connectivity index (χ4n) is 1.85. The average Bonchev–Trinajstić information content (AvgIpc) is 2.69. The predicted molar refractivity (Wildman–Crippen MR) is 83.2 cm³/mol. The summed E-state index contributed by atoms with van der Waals surface area (Å²) in [6.07, 6.45) is 2.80. The van der Waals surface area contributed by atoms with Gasteiger partial charge in [0.15, 0.2) is 0 Å². The van der Waals surface area contributed by atoms with Crippen molar-refractivity contribution < 1.29 is 0 Å². The van der Waals surface area contributed by atoms with Crippen LogP contribution in [0, 0.1) is 0 Å². The van der Waals surface area contributed by atoms with Crippen LogP contribution >= 0.6 is 23.8 Å². The standard InChI is InChI=1S/C13H15ClN4S/c1-3-11-12(7-18(2)17-11)16-8-4-5-9(13(15)19)10(14)6-8/h4-7,16H,3H2,1-2H3,(H2,15,19). The number of hydrogen-bond donors (Lipinski definition) is 2. The van der Waals surface area contributed by atoms with E-state index in [0.717, 1.165) is 23.5 Å². The van der Waals surface area contributed by atoms with Crippen LogP contribution in [0.15, 0.2) is 24.4 Å². The third kappa shape index (κ3) is 3.05. The summed E-state index contributed by atoms with van der Waals surface area (Å²) in [7, 11) is 1.90. The highest BCUT2D eigenvalue weighted by atomic mass is 35.5. The number of aryl methyl sites for hydroxylation is 2. The molecule has 0 atom stereocenters. The van der Waals surface area contributed by atoms with Gasteiger partial charge in [0.25, 0.3) is 0 Å². The molecule has 4 nitrogen and oxygen atoms in total. The van der Waals surface area contributed by atoms with E-state index in [4.69, 9.17) is 29.6 Å². The van der Waals surface area contributed by atoms with Gasteiger partial charge in [-0.1, -0.05) is 30.7 Å². The Hall–Kier alpha value is -1.59. The van der Waals surface area contributed by atoms with E-state index in [1.165, 1.54) is 0 Å². The minimum Gasteiger partial charge on any atom is -0.389 e. The van der Waals surface area contributed by atoms with E-state index < -0.39 is 0 Å². The van der Waals surface area contributed by atoms with Gasteiger partial charge >= 0.3 is 0 Å². The number of nitrogens with two attached hydrogens (primary N) is 1. The van der Waals surface area contributed by atoms with Gasteiger partial charge in [-0.2, -0.15) is 5.10 Å². The van der Waals surface area contributed by atoms with E-state index >= 15 is 0 Å². The lowest BCUT2D eigenvalue weighted by atomic mass is 10.2. The fourth-order valence-corrected chi connectivity index (χ4v) is 2.36. The molecule has 0 saturated carbocycles. The maximum absolute atomic E-state index is 6.14. The summed E-state index contributed by atoms with van der Waals surface area (Å²) in [5.41, 5.74) is 9.13. The second-order valence-corrected chi connectivity index (χ2v) is 5.05. The Morgan fingerprint density at radius 1 is 1.53 bits per heavy atom. The van der Waals surface area contributed by atoms with Crippen LogP contribution in [0.1, 0.15) is 18.2 Å². The Kier molecular flexibility index (Phi) is 4.07. The molecule has 2 aromatic rings. The van der Waals surface area contributed by atoms with Crippen molar-refractivity contribution in [2.45, 2.75) is 13.3 Å². The molecule has 0 aliphatic heterocycles. The molecule has 0 fully saturated rings. The van der Waals surface area contributed by atoms with Crippen molar-refractivity contribution in [3.8, 4) is 0 Å². The largest absolute Gasteiger partial charge is 0.389 e. The number of benzene rings is 1. The number of rotatable bonds is 4. The molecule has 0 aliphatic rings. The first-order valence-corrected chi connectivity index (χ1v) is 6.68. The predicted octanol–water partition coefficient (Wildman–Crippen LogP) is 3.01. The van der Waals surface area contributed by atoms with Gasteiger partial charge in [-0.25, -0.2) is 0 Å². The van der Waals surface area contributed by atoms with Crippen LogP contribution in [-0.4, -0.2) is 14.8 Å². The van der Waals surface area contributed by atoms with Crippen LogP contribution in [0.25, 0.3) is 0 Å². The smallest absolute Gasteiger partial charge is 0.105 e. The molecule has 2 rings (SSSR count). The monoisotopic (exact) mass is 294 g/mol. The number of thiocarbonyl (C=S) groups is 1. The molecule has 0 unspecified atom stereocenters. The Labute approximate surface area is 122 Å². The highest BCUT2D eigenvalue weighted by molar-refractivity contribution is 7.80. The zero-order valence-corrected chi connectivity index (χ0v) is 12.3. The van der Waals surface area contributed by atoms with Gasteiger partial charge in [-0.3, -0.25) is 4.68 Å². The fraction of sp³-hybridized carbons (Fsp3) is 0.231. The van der Waals surface area contributed by atoms with Crippen molar-refractivity contribution in [2.24, 2.45) is 12.8 Å². The molecule has 0 saturated heterocycles. The van der Waals surface area contributed by atoms with Crippen molar-refractivity contribution >= 4 is 40.2 Å². The van der Waals surface area contributed by atoms with Gasteiger partial charge in [0.05, 0.1) is 16.4 Å². The lowest BCUT2D eigenvalue weighted by Crippen LogP contribution is -2.10. The van der Waals surface area contributed by atoms with Crippen LogP contribution in [0.4, 0.5) is 11.4 Å². The lowest BCUT2D eigenvalue weighted by Gasteiger charge is -2.08. The summed E-state index contributed by atoms with van der Waals surface area (Å²) < 4.78 is 1.78. The molecule has 1 aromatic carbocycles. The second-order valence-electron chi connectivity index (χ2n) is 4.20. The molecule has 6 heteroatoms. The van der Waals surface area contributed by atoms with Gasteiger partial charge in [0, 0.05) is 24.5 Å². The number of halogens is 1. The summed E-state index contributed by atoms with van der Waals surface area (Å²) >= 11 is 11.1. The Morgan fingerprint density at radius 2 is 2.26 bits per heavy atom. The third-order valence-corrected chi connectivity index (χ3v) is 3.29. The Bertz CT molecular complexity index is 621. The van der Waals surface area contributed by atoms with E-state index in [9.17, 15) is 0 Å². The van der Waals surface area contributed by atoms with Crippen LogP contribution in [0.2, 0.25) is 5.02 Å². The minimum absolute atomic E-state index is 0.298. The van der Waals surface area contributed by atoms with E-state index in [1.807, 2.05) is 31.4 Å². The summed E-state index contributed by atoms with van der Waals surface area (Å²) in [6, 6.07) is 5.52. The first-order chi connectivity index (χ1) is 9.01. The quantitative estimate of drug-likeness (QED) is 0.851. The van der Waals surface area contributed by atoms with Crippen LogP contribution in [0.3, 0.4) is 0 Å². The molecular formula is C13H15ClN4S. The molecule has 19 heavy (non-hydrogen) atoms. The zero-order chi connectivity index (χ0) is 14.0. The Morgan fingerprint density at radius 3 is 2.84 bits per heavy atom. The lowest BCUT2D eigenvalue weighted by molar-refractivity contribution is 0.746. The molecule has 1 aromatic heterocycles. The molecule has 100 valence electrons. The molecule has 0 radical (unpaired) electrons. The topological polar surface area (TPSA) is 55.9 Å². The molecule has 0 aliphatic carbocycles. The maximum Gasteiger partial charge on any atom is 0.105 e. The number of aromatic nitrogens is 2. The number of anilines is 2. The van der Waals surface area contributed by atoms with Gasteiger partial charge in [0.2, 0.25) is 0 Å². The van der Waals surface area contributed by atoms with Crippen molar-refractivity contribution in [1.29, 1.82) is 0 Å². The first-order valence-electron chi connectivity index (χ1n) is 5.90. The van der Waals surface area contributed by atoms with Crippen LogP contribution in [-0.2, 0) is 13.5 Å². The highest BCUT2D eigenvalue weighted by Crippen LogP contribution is 2.25. The average molecular weight is 295 g/mol. The molecule has 0 amide bonds. The second kappa shape index (κ2) is 5.59. The van der Waals surface area contributed by atoms with Crippen LogP contribution < -0.4 is 11.1 Å². The maximum atomic E-state index is 6.14. The number of nitrogens with one attached hydrogen (secondary N) is 1. The summed E-state index contributed by atoms with van der Waals surface area (Å²) in [4.78, 5) is 0.298. The summed E-state index contributed by atoms with van der Waals surface area (Å²) in [6.45, 7) is 2.07. The van der Waals surface area contributed by atoms with Crippen molar-refractivity contribution in [3.63, 3.8) is 0 Å². The first kappa shape index (κ1) is 13.8. The van der Waals surface area contributed by atoms with Crippen molar-refractivity contribution in [1.82, 2.24) is 9.78 Å². The highest BCUT2D eigenvalue weighted by Gasteiger charge is 2.08. The molecule has 1 heterocycles. The van der Waals surface area contributed by atoms with Crippen molar-refractivity contribution in [3.05, 3.63) is 40.7 Å². The van der Waals surface area contributed by atoms with E-state index in [1.54, 1.807) is 4.68 Å². The molecule has 3 N–H and O–H groups in total. The summed E-state index contributed by atoms with van der Waals surface area (Å²) in [5, 5.41) is 8.21. The number of hydrogen-bond acceptors (Lipinski definition) is 3. The van der Waals surface area contributed by atoms with Crippen molar-refractivity contribution in [2.75, 3.05) is 5.32 Å². The van der Waals surface area contributed by atoms with Gasteiger partial charge in [0.1, 0.15) is 4.99 Å². The zero-order valence-electron chi connectivity index (χ0n) is 10.8. The molecule has 0 spiro atoms. The number of nitrogens with zero attached hydrogens (tertiary/aromatic N) is 2. The van der Waals surface area contributed by atoms with E-state index in [-0.39, 0.29) is 0 Å². The SMILES string of the molecule is CCc1nn(C)cc1Nc1ccc(C(N)=S)c(Cl)c1. The summed E-state index contributed by atoms with van der Waals surface area (Å²) in [5.74, 6) is 0. The normalized spacial score (nSPS) is 10.5. The Balaban J connectivity index is 2.28. The van der Waals surface area contributed by atoms with Gasteiger partial charge < -0.3 is 11.1 Å². The molecule has 0 bridgehead atoms. The van der Waals surface area contributed by atoms with Gasteiger partial charge in [-0.15, -0.1) is 0 Å². The third-order valence-electron chi connectivity index (χ3n) is 2.75. The minimum atomic E-state index is 0.298.